The van der Waals surface area contributed by atoms with E-state index in [1.165, 1.54) is 12.1 Å². The molecule has 7 heteroatoms. The van der Waals surface area contributed by atoms with Crippen LogP contribution < -0.4 is 0 Å². The summed E-state index contributed by atoms with van der Waals surface area (Å²) in [7, 11) is 0. The number of para-hydroxylation sites is 1. The van der Waals surface area contributed by atoms with Crippen LogP contribution >= 0.6 is 0 Å². The number of carbonyl (C=O) groups is 1. The number of rotatable bonds is 4. The maximum Gasteiger partial charge on any atom is 0.231 e. The van der Waals surface area contributed by atoms with E-state index in [2.05, 4.69) is 15.1 Å². The second kappa shape index (κ2) is 7.98. The molecule has 1 amide bonds. The molecule has 0 spiro atoms. The van der Waals surface area contributed by atoms with Gasteiger partial charge >= 0.3 is 0 Å². The van der Waals surface area contributed by atoms with Gasteiger partial charge in [0.15, 0.2) is 0 Å². The van der Waals surface area contributed by atoms with E-state index in [4.69, 9.17) is 4.52 Å². The lowest BCUT2D eigenvalue weighted by Gasteiger charge is -2.31. The zero-order valence-corrected chi connectivity index (χ0v) is 17.3. The van der Waals surface area contributed by atoms with Crippen molar-refractivity contribution in [3.8, 4) is 11.4 Å². The Kier molecular flexibility index (Phi) is 5.02. The molecule has 1 aliphatic heterocycles. The van der Waals surface area contributed by atoms with Crippen LogP contribution in [0.4, 0.5) is 4.39 Å². The number of hydrogen-bond acceptors (Lipinski definition) is 4. The maximum absolute atomic E-state index is 13.5. The minimum atomic E-state index is -0.342. The van der Waals surface area contributed by atoms with Crippen molar-refractivity contribution in [1.29, 1.82) is 0 Å². The zero-order valence-electron chi connectivity index (χ0n) is 17.3. The molecule has 1 saturated heterocycles. The molecule has 1 unspecified atom stereocenters. The Balaban J connectivity index is 1.31. The van der Waals surface area contributed by atoms with E-state index in [-0.39, 0.29) is 17.6 Å². The molecule has 0 bridgehead atoms. The number of halogens is 1. The fourth-order valence-corrected chi connectivity index (χ4v) is 4.38. The first-order valence-electron chi connectivity index (χ1n) is 10.5. The summed E-state index contributed by atoms with van der Waals surface area (Å²) in [5, 5.41) is 5.11. The monoisotopic (exact) mass is 418 g/mol. The van der Waals surface area contributed by atoms with Crippen LogP contribution in [0.1, 0.15) is 35.9 Å². The third-order valence-corrected chi connectivity index (χ3v) is 6.00. The molecule has 4 aromatic rings. The van der Waals surface area contributed by atoms with Crippen molar-refractivity contribution in [2.45, 2.75) is 32.1 Å². The van der Waals surface area contributed by atoms with Gasteiger partial charge in [0.05, 0.1) is 12.3 Å². The Morgan fingerprint density at radius 1 is 1.26 bits per heavy atom. The third-order valence-electron chi connectivity index (χ3n) is 6.00. The number of carbonyl (C=O) groups excluding carboxylic acids is 1. The molecule has 0 saturated carbocycles. The molecule has 158 valence electrons. The lowest BCUT2D eigenvalue weighted by molar-refractivity contribution is -0.131. The predicted molar refractivity (Wildman–Crippen MR) is 115 cm³/mol. The summed E-state index contributed by atoms with van der Waals surface area (Å²) >= 11 is 0. The number of hydrogen-bond donors (Lipinski definition) is 1. The van der Waals surface area contributed by atoms with E-state index in [9.17, 15) is 9.18 Å². The van der Waals surface area contributed by atoms with Crippen molar-refractivity contribution in [2.75, 3.05) is 13.1 Å². The van der Waals surface area contributed by atoms with E-state index in [0.29, 0.717) is 30.2 Å². The number of piperidine rings is 1. The first-order valence-corrected chi connectivity index (χ1v) is 10.5. The molecule has 3 heterocycles. The molecule has 1 N–H and O–H groups in total. The highest BCUT2D eigenvalue weighted by atomic mass is 19.1. The molecule has 5 rings (SSSR count). The van der Waals surface area contributed by atoms with E-state index >= 15 is 0 Å². The molecule has 0 aliphatic carbocycles. The Labute approximate surface area is 179 Å². The molecular weight excluding hydrogens is 395 g/mol. The Bertz CT molecular complexity index is 1250. The lowest BCUT2D eigenvalue weighted by Crippen LogP contribution is -2.40. The van der Waals surface area contributed by atoms with Crippen LogP contribution in [0.25, 0.3) is 22.3 Å². The van der Waals surface area contributed by atoms with Crippen LogP contribution in [0.3, 0.4) is 0 Å². The van der Waals surface area contributed by atoms with Crippen LogP contribution in [0.15, 0.2) is 53.1 Å². The van der Waals surface area contributed by atoms with Crippen molar-refractivity contribution in [2.24, 2.45) is 0 Å². The summed E-state index contributed by atoms with van der Waals surface area (Å²) in [6.07, 6.45) is 2.11. The normalized spacial score (nSPS) is 16.7. The topological polar surface area (TPSA) is 75.0 Å². The van der Waals surface area contributed by atoms with E-state index in [1.807, 2.05) is 36.1 Å². The number of benzene rings is 2. The molecule has 1 atom stereocenters. The first kappa shape index (κ1) is 19.5. The molecule has 2 aromatic carbocycles. The largest absolute Gasteiger partial charge is 0.358 e. The van der Waals surface area contributed by atoms with Crippen molar-refractivity contribution in [3.63, 3.8) is 0 Å². The van der Waals surface area contributed by atoms with Gasteiger partial charge in [0, 0.05) is 35.2 Å². The lowest BCUT2D eigenvalue weighted by atomic mass is 9.97. The second-order valence-electron chi connectivity index (χ2n) is 8.10. The summed E-state index contributed by atoms with van der Waals surface area (Å²) < 4.78 is 19.0. The van der Waals surface area contributed by atoms with Gasteiger partial charge < -0.3 is 14.4 Å². The second-order valence-corrected chi connectivity index (χ2v) is 8.10. The summed E-state index contributed by atoms with van der Waals surface area (Å²) in [4.78, 5) is 22.8. The Hall–Kier alpha value is -3.48. The molecule has 6 nitrogen and oxygen atoms in total. The number of aromatic nitrogens is 3. The SMILES string of the molecule is Cc1[nH]c2ccccc2c1CC(=O)N1CCCC(c2nc(-c3cccc(F)c3)no2)C1. The highest BCUT2D eigenvalue weighted by Gasteiger charge is 2.29. The minimum absolute atomic E-state index is 0.0171. The number of nitrogens with zero attached hydrogens (tertiary/aromatic N) is 3. The van der Waals surface area contributed by atoms with Crippen molar-refractivity contribution in [3.05, 3.63) is 71.5 Å². The number of amides is 1. The number of aromatic amines is 1. The van der Waals surface area contributed by atoms with Gasteiger partial charge in [-0.05, 0) is 43.5 Å². The Morgan fingerprint density at radius 2 is 2.13 bits per heavy atom. The number of H-pyrrole nitrogens is 1. The molecule has 2 aromatic heterocycles. The van der Waals surface area contributed by atoms with Gasteiger partial charge in [-0.15, -0.1) is 0 Å². The average molecular weight is 418 g/mol. The number of nitrogens with one attached hydrogen (secondary N) is 1. The molecule has 1 aliphatic rings. The molecule has 0 radical (unpaired) electrons. The van der Waals surface area contributed by atoms with Crippen LogP contribution in [-0.2, 0) is 11.2 Å². The van der Waals surface area contributed by atoms with Crippen LogP contribution in [0, 0.1) is 12.7 Å². The summed E-state index contributed by atoms with van der Waals surface area (Å²) in [6, 6.07) is 14.2. The average Bonchev–Trinajstić information content (AvgIpc) is 3.39. The van der Waals surface area contributed by atoms with Crippen molar-refractivity contribution >= 4 is 16.8 Å². The molecular formula is C24H23FN4O2. The smallest absolute Gasteiger partial charge is 0.231 e. The summed E-state index contributed by atoms with van der Waals surface area (Å²) in [5.41, 5.74) is 3.71. The quantitative estimate of drug-likeness (QED) is 0.525. The fourth-order valence-electron chi connectivity index (χ4n) is 4.38. The van der Waals surface area contributed by atoms with Gasteiger partial charge in [-0.1, -0.05) is 35.5 Å². The van der Waals surface area contributed by atoms with Gasteiger partial charge in [-0.2, -0.15) is 4.98 Å². The number of fused-ring (bicyclic) bond motifs is 1. The maximum atomic E-state index is 13.5. The molecule has 31 heavy (non-hydrogen) atoms. The highest BCUT2D eigenvalue weighted by molar-refractivity contribution is 5.90. The van der Waals surface area contributed by atoms with E-state index < -0.39 is 0 Å². The fraction of sp³-hybridized carbons (Fsp3) is 0.292. The van der Waals surface area contributed by atoms with Crippen molar-refractivity contribution < 1.29 is 13.7 Å². The van der Waals surface area contributed by atoms with Gasteiger partial charge in [0.1, 0.15) is 5.82 Å². The van der Waals surface area contributed by atoms with Crippen LogP contribution in [0.2, 0.25) is 0 Å². The van der Waals surface area contributed by atoms with Gasteiger partial charge in [0.2, 0.25) is 17.6 Å². The highest BCUT2D eigenvalue weighted by Crippen LogP contribution is 2.29. The predicted octanol–water partition coefficient (Wildman–Crippen LogP) is 4.61. The minimum Gasteiger partial charge on any atom is -0.358 e. The standard InChI is InChI=1S/C24H23FN4O2/c1-15-20(19-9-2-3-10-21(19)26-15)13-22(30)29-11-5-7-17(14-29)24-27-23(28-31-24)16-6-4-8-18(25)12-16/h2-4,6,8-10,12,17,26H,5,7,11,13-14H2,1H3. The number of likely N-dealkylation sites (tertiary alicyclic amines) is 1. The third kappa shape index (κ3) is 3.83. The van der Waals surface area contributed by atoms with Crippen molar-refractivity contribution in [1.82, 2.24) is 20.0 Å². The van der Waals surface area contributed by atoms with Crippen LogP contribution in [-0.4, -0.2) is 39.0 Å². The number of aryl methyl sites for hydroxylation is 1. The van der Waals surface area contributed by atoms with Crippen LogP contribution in [0.5, 0.6) is 0 Å². The van der Waals surface area contributed by atoms with Gasteiger partial charge in [-0.3, -0.25) is 4.79 Å². The zero-order chi connectivity index (χ0) is 21.4. The van der Waals surface area contributed by atoms with E-state index in [1.54, 1.807) is 12.1 Å². The van der Waals surface area contributed by atoms with Gasteiger partial charge in [0.25, 0.3) is 0 Å². The summed E-state index contributed by atoms with van der Waals surface area (Å²) in [5.74, 6) is 0.609. The summed E-state index contributed by atoms with van der Waals surface area (Å²) in [6.45, 7) is 3.28. The van der Waals surface area contributed by atoms with E-state index in [0.717, 1.165) is 41.5 Å². The Morgan fingerprint density at radius 3 is 3.00 bits per heavy atom. The first-order chi connectivity index (χ1) is 15.1. The van der Waals surface area contributed by atoms with Gasteiger partial charge in [-0.25, -0.2) is 4.39 Å². The molecule has 1 fully saturated rings.